The van der Waals surface area contributed by atoms with Gasteiger partial charge < -0.3 is 15.5 Å². The van der Waals surface area contributed by atoms with Crippen molar-refractivity contribution in [1.82, 2.24) is 4.90 Å². The SMILES string of the molecule is O=C(Nc1ccccc1)[C@H]1CCCN1C(=O)Nc1cccc(F)c1. The Morgan fingerprint density at radius 1 is 1.00 bits per heavy atom. The van der Waals surface area contributed by atoms with Gasteiger partial charge >= 0.3 is 6.03 Å². The monoisotopic (exact) mass is 327 g/mol. The van der Waals surface area contributed by atoms with Gasteiger partial charge in [0.2, 0.25) is 5.91 Å². The Bertz CT molecular complexity index is 736. The molecule has 1 atom stereocenters. The van der Waals surface area contributed by atoms with E-state index in [0.29, 0.717) is 24.3 Å². The zero-order chi connectivity index (χ0) is 16.9. The molecule has 3 rings (SSSR count). The van der Waals surface area contributed by atoms with Gasteiger partial charge in [-0.2, -0.15) is 0 Å². The van der Waals surface area contributed by atoms with Crippen LogP contribution >= 0.6 is 0 Å². The van der Waals surface area contributed by atoms with Crippen LogP contribution in [0.2, 0.25) is 0 Å². The Morgan fingerprint density at radius 2 is 1.75 bits per heavy atom. The van der Waals surface area contributed by atoms with E-state index in [2.05, 4.69) is 10.6 Å². The molecule has 1 fully saturated rings. The van der Waals surface area contributed by atoms with Gasteiger partial charge in [0.05, 0.1) is 0 Å². The highest BCUT2D eigenvalue weighted by atomic mass is 19.1. The second-order valence-electron chi connectivity index (χ2n) is 5.65. The third kappa shape index (κ3) is 3.71. The average Bonchev–Trinajstić information content (AvgIpc) is 3.06. The van der Waals surface area contributed by atoms with E-state index in [1.807, 2.05) is 18.2 Å². The fraction of sp³-hybridized carbons (Fsp3) is 0.222. The average molecular weight is 327 g/mol. The Balaban J connectivity index is 1.66. The number of hydrogen-bond donors (Lipinski definition) is 2. The Morgan fingerprint density at radius 3 is 2.50 bits per heavy atom. The van der Waals surface area contributed by atoms with E-state index in [0.717, 1.165) is 6.42 Å². The van der Waals surface area contributed by atoms with Gasteiger partial charge in [0.25, 0.3) is 0 Å². The number of amides is 3. The van der Waals surface area contributed by atoms with Crippen molar-refractivity contribution in [3.05, 3.63) is 60.4 Å². The first-order chi connectivity index (χ1) is 11.6. The molecule has 0 aliphatic carbocycles. The lowest BCUT2D eigenvalue weighted by molar-refractivity contribution is -0.119. The summed E-state index contributed by atoms with van der Waals surface area (Å²) in [5.41, 5.74) is 1.06. The van der Waals surface area contributed by atoms with E-state index in [1.54, 1.807) is 18.2 Å². The maximum atomic E-state index is 13.2. The zero-order valence-electron chi connectivity index (χ0n) is 13.0. The number of halogens is 1. The molecule has 1 saturated heterocycles. The number of hydrogen-bond acceptors (Lipinski definition) is 2. The van der Waals surface area contributed by atoms with Gasteiger partial charge in [-0.1, -0.05) is 24.3 Å². The second-order valence-corrected chi connectivity index (χ2v) is 5.65. The Hall–Kier alpha value is -2.89. The normalized spacial score (nSPS) is 16.7. The molecule has 0 bridgehead atoms. The first-order valence-electron chi connectivity index (χ1n) is 7.82. The van der Waals surface area contributed by atoms with Crippen molar-refractivity contribution in [3.8, 4) is 0 Å². The molecule has 0 unspecified atom stereocenters. The Labute approximate surface area is 139 Å². The molecule has 1 heterocycles. The quantitative estimate of drug-likeness (QED) is 0.907. The number of nitrogens with one attached hydrogen (secondary N) is 2. The standard InChI is InChI=1S/C18H18FN3O2/c19-13-6-4-9-15(12-13)21-18(24)22-11-5-10-16(22)17(23)20-14-7-2-1-3-8-14/h1-4,6-9,12,16H,5,10-11H2,(H,20,23)(H,21,24)/t16-/m1/s1. The molecule has 6 heteroatoms. The van der Waals surface area contributed by atoms with E-state index in [9.17, 15) is 14.0 Å². The molecule has 1 aliphatic rings. The molecule has 24 heavy (non-hydrogen) atoms. The van der Waals surface area contributed by atoms with Crippen LogP contribution < -0.4 is 10.6 Å². The molecule has 1 aliphatic heterocycles. The third-order valence-electron chi connectivity index (χ3n) is 3.93. The molecule has 3 amide bonds. The number of carbonyl (C=O) groups is 2. The van der Waals surface area contributed by atoms with Gasteiger partial charge in [0.15, 0.2) is 0 Å². The molecule has 0 saturated carbocycles. The van der Waals surface area contributed by atoms with Crippen LogP contribution in [-0.4, -0.2) is 29.4 Å². The van der Waals surface area contributed by atoms with E-state index in [1.165, 1.54) is 23.1 Å². The second kappa shape index (κ2) is 7.12. The fourth-order valence-electron chi connectivity index (χ4n) is 2.79. The predicted molar refractivity (Wildman–Crippen MR) is 90.2 cm³/mol. The van der Waals surface area contributed by atoms with Crippen LogP contribution in [0.15, 0.2) is 54.6 Å². The van der Waals surface area contributed by atoms with Crippen molar-refractivity contribution in [1.29, 1.82) is 0 Å². The van der Waals surface area contributed by atoms with Crippen LogP contribution in [0.25, 0.3) is 0 Å². The first kappa shape index (κ1) is 16.0. The maximum absolute atomic E-state index is 13.2. The topological polar surface area (TPSA) is 61.4 Å². The summed E-state index contributed by atoms with van der Waals surface area (Å²) in [5.74, 6) is -0.638. The van der Waals surface area contributed by atoms with Crippen LogP contribution in [0.1, 0.15) is 12.8 Å². The van der Waals surface area contributed by atoms with E-state index >= 15 is 0 Å². The van der Waals surface area contributed by atoms with E-state index < -0.39 is 17.9 Å². The van der Waals surface area contributed by atoms with Crippen LogP contribution in [0.3, 0.4) is 0 Å². The summed E-state index contributed by atoms with van der Waals surface area (Å²) >= 11 is 0. The highest BCUT2D eigenvalue weighted by molar-refractivity contribution is 5.99. The molecule has 124 valence electrons. The van der Waals surface area contributed by atoms with Crippen LogP contribution in [0, 0.1) is 5.82 Å². The molecule has 2 aromatic rings. The van der Waals surface area contributed by atoms with Crippen molar-refractivity contribution in [2.24, 2.45) is 0 Å². The van der Waals surface area contributed by atoms with Crippen molar-refractivity contribution >= 4 is 23.3 Å². The van der Waals surface area contributed by atoms with Crippen LogP contribution in [0.5, 0.6) is 0 Å². The summed E-state index contributed by atoms with van der Waals surface area (Å²) in [5, 5.41) is 5.46. The minimum absolute atomic E-state index is 0.215. The van der Waals surface area contributed by atoms with Crippen molar-refractivity contribution in [2.75, 3.05) is 17.2 Å². The van der Waals surface area contributed by atoms with Gasteiger partial charge in [0, 0.05) is 17.9 Å². The third-order valence-corrected chi connectivity index (χ3v) is 3.93. The molecular formula is C18H18FN3O2. The van der Waals surface area contributed by atoms with Gasteiger partial charge in [-0.15, -0.1) is 0 Å². The van der Waals surface area contributed by atoms with Crippen molar-refractivity contribution in [2.45, 2.75) is 18.9 Å². The predicted octanol–water partition coefficient (Wildman–Crippen LogP) is 3.46. The lowest BCUT2D eigenvalue weighted by atomic mass is 10.2. The number of rotatable bonds is 3. The number of anilines is 2. The number of nitrogens with zero attached hydrogens (tertiary/aromatic N) is 1. The molecule has 2 aromatic carbocycles. The van der Waals surface area contributed by atoms with E-state index in [-0.39, 0.29) is 5.91 Å². The first-order valence-corrected chi connectivity index (χ1v) is 7.82. The van der Waals surface area contributed by atoms with Gasteiger partial charge in [-0.3, -0.25) is 4.79 Å². The lowest BCUT2D eigenvalue weighted by Gasteiger charge is -2.24. The minimum atomic E-state index is -0.529. The number of carbonyl (C=O) groups excluding carboxylic acids is 2. The summed E-state index contributed by atoms with van der Waals surface area (Å²) in [6.07, 6.45) is 1.36. The number of likely N-dealkylation sites (tertiary alicyclic amines) is 1. The molecule has 2 N–H and O–H groups in total. The van der Waals surface area contributed by atoms with Crippen molar-refractivity contribution in [3.63, 3.8) is 0 Å². The summed E-state index contributed by atoms with van der Waals surface area (Å²) in [6.45, 7) is 0.494. The molecular weight excluding hydrogens is 309 g/mol. The number of benzene rings is 2. The fourth-order valence-corrected chi connectivity index (χ4v) is 2.79. The van der Waals surface area contributed by atoms with E-state index in [4.69, 9.17) is 0 Å². The largest absolute Gasteiger partial charge is 0.324 e. The van der Waals surface area contributed by atoms with Gasteiger partial charge in [0.1, 0.15) is 11.9 Å². The van der Waals surface area contributed by atoms with Gasteiger partial charge in [-0.05, 0) is 43.2 Å². The van der Waals surface area contributed by atoms with Crippen molar-refractivity contribution < 1.29 is 14.0 Å². The number of urea groups is 1. The Kier molecular flexibility index (Phi) is 4.74. The lowest BCUT2D eigenvalue weighted by Crippen LogP contribution is -2.45. The summed E-state index contributed by atoms with van der Waals surface area (Å²) in [7, 11) is 0. The maximum Gasteiger partial charge on any atom is 0.322 e. The zero-order valence-corrected chi connectivity index (χ0v) is 13.0. The molecule has 0 spiro atoms. The molecule has 5 nitrogen and oxygen atoms in total. The van der Waals surface area contributed by atoms with Crippen LogP contribution in [-0.2, 0) is 4.79 Å². The summed E-state index contributed by atoms with van der Waals surface area (Å²) in [4.78, 5) is 26.3. The minimum Gasteiger partial charge on any atom is -0.324 e. The summed E-state index contributed by atoms with van der Waals surface area (Å²) < 4.78 is 13.2. The summed E-state index contributed by atoms with van der Waals surface area (Å²) in [6, 6.07) is 13.9. The number of para-hydroxylation sites is 1. The molecule has 0 aromatic heterocycles. The van der Waals surface area contributed by atoms with Crippen LogP contribution in [0.4, 0.5) is 20.6 Å². The van der Waals surface area contributed by atoms with Gasteiger partial charge in [-0.25, -0.2) is 9.18 Å². The smallest absolute Gasteiger partial charge is 0.322 e. The highest BCUT2D eigenvalue weighted by Gasteiger charge is 2.34. The highest BCUT2D eigenvalue weighted by Crippen LogP contribution is 2.21. The molecule has 0 radical (unpaired) electrons.